The first-order valence-corrected chi connectivity index (χ1v) is 8.17. The summed E-state index contributed by atoms with van der Waals surface area (Å²) in [6, 6.07) is 4.48. The maximum Gasteiger partial charge on any atom is 0.190 e. The monoisotopic (exact) mass is 279 g/mol. The number of hydrogen-bond donors (Lipinski definition) is 2. The molecule has 3 nitrogen and oxygen atoms in total. The molecular weight excluding hydrogens is 254 g/mol. The van der Waals surface area contributed by atoms with Gasteiger partial charge in [-0.25, -0.2) is 0 Å². The van der Waals surface area contributed by atoms with Crippen LogP contribution in [0.2, 0.25) is 0 Å². The summed E-state index contributed by atoms with van der Waals surface area (Å²) in [6.45, 7) is 4.00. The molecule has 0 amide bonds. The summed E-state index contributed by atoms with van der Waals surface area (Å²) >= 11 is 1.90. The van der Waals surface area contributed by atoms with Crippen LogP contribution in [0.15, 0.2) is 22.5 Å². The highest BCUT2D eigenvalue weighted by atomic mass is 32.1. The molecule has 0 spiro atoms. The van der Waals surface area contributed by atoms with Crippen LogP contribution in [-0.2, 0) is 5.41 Å². The van der Waals surface area contributed by atoms with Gasteiger partial charge in [-0.3, -0.25) is 4.99 Å². The molecule has 1 fully saturated rings. The first-order chi connectivity index (χ1) is 9.30. The molecule has 1 aromatic rings. The van der Waals surface area contributed by atoms with Gasteiger partial charge < -0.3 is 10.6 Å². The van der Waals surface area contributed by atoms with Gasteiger partial charge in [0.2, 0.25) is 0 Å². The second-order valence-corrected chi connectivity index (χ2v) is 6.22. The molecule has 0 aromatic carbocycles. The third kappa shape index (κ3) is 3.50. The van der Waals surface area contributed by atoms with Crippen LogP contribution in [0.4, 0.5) is 0 Å². The van der Waals surface area contributed by atoms with E-state index in [4.69, 9.17) is 0 Å². The van der Waals surface area contributed by atoms with E-state index in [9.17, 15) is 0 Å². The molecule has 0 saturated heterocycles. The van der Waals surface area contributed by atoms with Crippen molar-refractivity contribution < 1.29 is 0 Å². The van der Waals surface area contributed by atoms with E-state index in [1.54, 1.807) is 0 Å². The first kappa shape index (κ1) is 14.4. The lowest BCUT2D eigenvalue weighted by atomic mass is 9.73. The van der Waals surface area contributed by atoms with E-state index in [0.29, 0.717) is 5.41 Å². The minimum absolute atomic E-state index is 0.317. The van der Waals surface area contributed by atoms with Gasteiger partial charge in [0.1, 0.15) is 0 Å². The van der Waals surface area contributed by atoms with Crippen molar-refractivity contribution in [1.29, 1.82) is 0 Å². The average Bonchev–Trinajstić information content (AvgIpc) is 2.99. The van der Waals surface area contributed by atoms with Crippen LogP contribution < -0.4 is 10.6 Å². The zero-order chi connectivity index (χ0) is 13.6. The largest absolute Gasteiger partial charge is 0.357 e. The smallest absolute Gasteiger partial charge is 0.190 e. The normalized spacial score (nSPS) is 19.2. The Morgan fingerprint density at radius 3 is 2.68 bits per heavy atom. The molecular formula is C15H25N3S. The molecule has 106 valence electrons. The summed E-state index contributed by atoms with van der Waals surface area (Å²) < 4.78 is 0. The second kappa shape index (κ2) is 6.94. The van der Waals surface area contributed by atoms with Crippen LogP contribution in [0, 0.1) is 0 Å². The Labute approximate surface area is 120 Å². The SMILES string of the molecule is CCNC(=NC)NCC1(c2cccs2)CCCCC1. The molecule has 0 radical (unpaired) electrons. The summed E-state index contributed by atoms with van der Waals surface area (Å²) in [6.07, 6.45) is 6.67. The third-order valence-electron chi connectivity index (χ3n) is 4.02. The molecule has 0 unspecified atom stereocenters. The summed E-state index contributed by atoms with van der Waals surface area (Å²) in [4.78, 5) is 5.81. The van der Waals surface area contributed by atoms with Crippen molar-refractivity contribution in [2.75, 3.05) is 20.1 Å². The Morgan fingerprint density at radius 2 is 2.11 bits per heavy atom. The van der Waals surface area contributed by atoms with Crippen LogP contribution in [0.3, 0.4) is 0 Å². The highest BCUT2D eigenvalue weighted by Crippen LogP contribution is 2.40. The van der Waals surface area contributed by atoms with Crippen LogP contribution in [0.25, 0.3) is 0 Å². The van der Waals surface area contributed by atoms with E-state index in [1.807, 2.05) is 18.4 Å². The van der Waals surface area contributed by atoms with Crippen molar-refractivity contribution in [2.45, 2.75) is 44.4 Å². The molecule has 2 rings (SSSR count). The predicted molar refractivity (Wildman–Crippen MR) is 84.1 cm³/mol. The van der Waals surface area contributed by atoms with Crippen molar-refractivity contribution in [2.24, 2.45) is 4.99 Å². The first-order valence-electron chi connectivity index (χ1n) is 7.29. The lowest BCUT2D eigenvalue weighted by molar-refractivity contribution is 0.296. The van der Waals surface area contributed by atoms with Crippen molar-refractivity contribution in [1.82, 2.24) is 10.6 Å². The molecule has 0 atom stereocenters. The number of guanidine groups is 1. The number of hydrogen-bond acceptors (Lipinski definition) is 2. The second-order valence-electron chi connectivity index (χ2n) is 5.27. The summed E-state index contributed by atoms with van der Waals surface area (Å²) in [7, 11) is 1.84. The standard InChI is InChI=1S/C15H25N3S/c1-3-17-14(16-2)18-12-15(9-5-4-6-10-15)13-8-7-11-19-13/h7-8,11H,3-6,9-10,12H2,1-2H3,(H2,16,17,18). The van der Waals surface area contributed by atoms with Gasteiger partial charge in [0.05, 0.1) is 0 Å². The maximum absolute atomic E-state index is 4.27. The lowest BCUT2D eigenvalue weighted by Gasteiger charge is -2.37. The number of nitrogens with one attached hydrogen (secondary N) is 2. The number of aliphatic imine (C=N–C) groups is 1. The maximum atomic E-state index is 4.27. The van der Waals surface area contributed by atoms with Gasteiger partial charge >= 0.3 is 0 Å². The fourth-order valence-electron chi connectivity index (χ4n) is 2.96. The number of thiophene rings is 1. The Bertz CT molecular complexity index is 392. The molecule has 4 heteroatoms. The van der Waals surface area contributed by atoms with Crippen molar-refractivity contribution in [3.8, 4) is 0 Å². The van der Waals surface area contributed by atoms with Gasteiger partial charge in [-0.2, -0.15) is 0 Å². The van der Waals surface area contributed by atoms with E-state index < -0.39 is 0 Å². The highest BCUT2D eigenvalue weighted by molar-refractivity contribution is 7.10. The molecule has 19 heavy (non-hydrogen) atoms. The number of rotatable bonds is 4. The van der Waals surface area contributed by atoms with Crippen molar-refractivity contribution >= 4 is 17.3 Å². The molecule has 2 N–H and O–H groups in total. The van der Waals surface area contributed by atoms with Crippen LogP contribution in [0.1, 0.15) is 43.9 Å². The summed E-state index contributed by atoms with van der Waals surface area (Å²) in [5.74, 6) is 0.920. The van der Waals surface area contributed by atoms with Gasteiger partial charge in [0.15, 0.2) is 5.96 Å². The van der Waals surface area contributed by atoms with Gasteiger partial charge in [-0.05, 0) is 31.2 Å². The molecule has 0 aliphatic heterocycles. The van der Waals surface area contributed by atoms with Gasteiger partial charge in [-0.15, -0.1) is 11.3 Å². The number of nitrogens with zero attached hydrogens (tertiary/aromatic N) is 1. The zero-order valence-electron chi connectivity index (χ0n) is 12.0. The molecule has 1 aromatic heterocycles. The van der Waals surface area contributed by atoms with E-state index >= 15 is 0 Å². The van der Waals surface area contributed by atoms with E-state index in [-0.39, 0.29) is 0 Å². The molecule has 1 heterocycles. The van der Waals surface area contributed by atoms with E-state index in [2.05, 4.69) is 40.1 Å². The van der Waals surface area contributed by atoms with Crippen molar-refractivity contribution in [3.63, 3.8) is 0 Å². The zero-order valence-corrected chi connectivity index (χ0v) is 12.9. The van der Waals surface area contributed by atoms with Gasteiger partial charge in [0.25, 0.3) is 0 Å². The van der Waals surface area contributed by atoms with Gasteiger partial charge in [-0.1, -0.05) is 25.3 Å². The fourth-order valence-corrected chi connectivity index (χ4v) is 3.95. The quantitative estimate of drug-likeness (QED) is 0.656. The highest BCUT2D eigenvalue weighted by Gasteiger charge is 2.34. The molecule has 0 bridgehead atoms. The third-order valence-corrected chi connectivity index (χ3v) is 5.13. The van der Waals surface area contributed by atoms with Crippen molar-refractivity contribution in [3.05, 3.63) is 22.4 Å². The van der Waals surface area contributed by atoms with E-state index in [1.165, 1.54) is 37.0 Å². The van der Waals surface area contributed by atoms with Crippen LogP contribution in [0.5, 0.6) is 0 Å². The fraction of sp³-hybridized carbons (Fsp3) is 0.667. The lowest BCUT2D eigenvalue weighted by Crippen LogP contribution is -2.46. The summed E-state index contributed by atoms with van der Waals surface area (Å²) in [5.41, 5.74) is 0.317. The molecule has 1 aliphatic rings. The predicted octanol–water partition coefficient (Wildman–Crippen LogP) is 3.13. The average molecular weight is 279 g/mol. The Morgan fingerprint density at radius 1 is 1.32 bits per heavy atom. The van der Waals surface area contributed by atoms with Gasteiger partial charge in [0, 0.05) is 30.4 Å². The summed E-state index contributed by atoms with van der Waals surface area (Å²) in [5, 5.41) is 8.99. The van der Waals surface area contributed by atoms with Crippen LogP contribution in [-0.4, -0.2) is 26.1 Å². The topological polar surface area (TPSA) is 36.4 Å². The molecule has 1 saturated carbocycles. The Hall–Kier alpha value is -1.03. The minimum Gasteiger partial charge on any atom is -0.357 e. The Kier molecular flexibility index (Phi) is 5.25. The minimum atomic E-state index is 0.317. The Balaban J connectivity index is 2.06. The van der Waals surface area contributed by atoms with E-state index in [0.717, 1.165) is 19.0 Å². The molecule has 1 aliphatic carbocycles. The van der Waals surface area contributed by atoms with Crippen LogP contribution >= 0.6 is 11.3 Å².